The first-order chi connectivity index (χ1) is 16.2. The van der Waals surface area contributed by atoms with Gasteiger partial charge in [0.1, 0.15) is 0 Å². The van der Waals surface area contributed by atoms with Crippen molar-refractivity contribution in [3.05, 3.63) is 58.7 Å². The molecule has 0 aromatic heterocycles. The first kappa shape index (κ1) is 36.0. The average Bonchev–Trinajstić information content (AvgIpc) is 2.81. The van der Waals surface area contributed by atoms with Crippen molar-refractivity contribution in [3.8, 4) is 0 Å². The van der Waals surface area contributed by atoms with E-state index in [9.17, 15) is 9.59 Å². The SMILES string of the molecule is CCN(CC)CC(=O)Nc1c(C)cccc1C.CCN(CC)CC(=O)Nc1c(C)cccc1C.Cl.Cl. The lowest BCUT2D eigenvalue weighted by atomic mass is 10.1. The van der Waals surface area contributed by atoms with Crippen LogP contribution in [-0.4, -0.2) is 60.9 Å². The highest BCUT2D eigenvalue weighted by molar-refractivity contribution is 5.94. The Morgan fingerprint density at radius 2 is 0.833 bits per heavy atom. The van der Waals surface area contributed by atoms with E-state index in [1.165, 1.54) is 0 Å². The predicted molar refractivity (Wildman–Crippen MR) is 159 cm³/mol. The van der Waals surface area contributed by atoms with Crippen LogP contribution in [0.4, 0.5) is 11.4 Å². The fraction of sp³-hybridized carbons (Fsp3) is 0.500. The van der Waals surface area contributed by atoms with Gasteiger partial charge in [0.15, 0.2) is 0 Å². The molecule has 2 aromatic rings. The second kappa shape index (κ2) is 19.1. The molecule has 2 rings (SSSR count). The van der Waals surface area contributed by atoms with Crippen LogP contribution >= 0.6 is 24.8 Å². The predicted octanol–water partition coefficient (Wildman–Crippen LogP) is 6.01. The number of halogens is 2. The molecule has 0 atom stereocenters. The van der Waals surface area contributed by atoms with Crippen LogP contribution in [0.1, 0.15) is 49.9 Å². The summed E-state index contributed by atoms with van der Waals surface area (Å²) in [6, 6.07) is 12.1. The zero-order valence-corrected chi connectivity index (χ0v) is 24.9. The monoisotopic (exact) mass is 540 g/mol. The second-order valence-corrected chi connectivity index (χ2v) is 8.55. The van der Waals surface area contributed by atoms with Crippen molar-refractivity contribution >= 4 is 48.0 Å². The fourth-order valence-electron chi connectivity index (χ4n) is 3.68. The van der Waals surface area contributed by atoms with E-state index in [2.05, 4.69) is 48.1 Å². The van der Waals surface area contributed by atoms with Gasteiger partial charge in [0.05, 0.1) is 13.1 Å². The van der Waals surface area contributed by atoms with E-state index >= 15 is 0 Å². The third kappa shape index (κ3) is 12.2. The Kier molecular flexibility index (Phi) is 19.1. The fourth-order valence-corrected chi connectivity index (χ4v) is 3.68. The van der Waals surface area contributed by atoms with Crippen LogP contribution < -0.4 is 10.6 Å². The Morgan fingerprint density at radius 3 is 1.06 bits per heavy atom. The van der Waals surface area contributed by atoms with Crippen LogP contribution in [0, 0.1) is 27.7 Å². The standard InChI is InChI=1S/2C14H22N2O.2ClH/c2*1-5-16(6-2)10-13(17)15-14-11(3)8-7-9-12(14)4;;/h2*7-9H,5-6,10H2,1-4H3,(H,15,17);2*1H. The van der Waals surface area contributed by atoms with E-state index in [4.69, 9.17) is 0 Å². The van der Waals surface area contributed by atoms with Crippen LogP contribution in [0.2, 0.25) is 0 Å². The third-order valence-electron chi connectivity index (χ3n) is 6.01. The minimum atomic E-state index is 0. The van der Waals surface area contributed by atoms with Gasteiger partial charge in [-0.2, -0.15) is 0 Å². The van der Waals surface area contributed by atoms with Gasteiger partial charge in [-0.3, -0.25) is 19.4 Å². The first-order valence-corrected chi connectivity index (χ1v) is 12.3. The summed E-state index contributed by atoms with van der Waals surface area (Å²) in [6.45, 7) is 20.8. The summed E-state index contributed by atoms with van der Waals surface area (Å²) in [5.41, 5.74) is 6.33. The lowest BCUT2D eigenvalue weighted by Crippen LogP contribution is -2.33. The number of hydrogen-bond donors (Lipinski definition) is 2. The number of nitrogens with one attached hydrogen (secondary N) is 2. The lowest BCUT2D eigenvalue weighted by molar-refractivity contribution is -0.118. The van der Waals surface area contributed by atoms with Gasteiger partial charge in [-0.1, -0.05) is 64.1 Å². The summed E-state index contributed by atoms with van der Waals surface area (Å²) in [5.74, 6) is 0.122. The van der Waals surface area contributed by atoms with Crippen molar-refractivity contribution in [1.29, 1.82) is 0 Å². The number of likely N-dealkylation sites (N-methyl/N-ethyl adjacent to an activating group) is 2. The Bertz CT molecular complexity index is 814. The molecule has 2 aromatic carbocycles. The highest BCUT2D eigenvalue weighted by Gasteiger charge is 2.11. The summed E-state index contributed by atoms with van der Waals surface area (Å²) in [5, 5.41) is 5.99. The Labute approximate surface area is 231 Å². The van der Waals surface area contributed by atoms with Gasteiger partial charge in [-0.25, -0.2) is 0 Å². The van der Waals surface area contributed by atoms with Crippen molar-refractivity contribution in [2.24, 2.45) is 0 Å². The number of para-hydroxylation sites is 2. The number of aryl methyl sites for hydroxylation is 4. The van der Waals surface area contributed by atoms with E-state index in [0.717, 1.165) is 59.8 Å². The molecule has 0 aliphatic rings. The number of carbonyl (C=O) groups excluding carboxylic acids is 2. The zero-order chi connectivity index (χ0) is 25.7. The molecular weight excluding hydrogens is 495 g/mol. The van der Waals surface area contributed by atoms with Gasteiger partial charge >= 0.3 is 0 Å². The average molecular weight is 542 g/mol. The van der Waals surface area contributed by atoms with Crippen LogP contribution in [0.5, 0.6) is 0 Å². The molecule has 6 nitrogen and oxygen atoms in total. The minimum absolute atomic E-state index is 0. The highest BCUT2D eigenvalue weighted by atomic mass is 35.5. The third-order valence-corrected chi connectivity index (χ3v) is 6.01. The number of hydrogen-bond acceptors (Lipinski definition) is 4. The van der Waals surface area contributed by atoms with Crippen LogP contribution in [0.25, 0.3) is 0 Å². The molecule has 0 unspecified atom stereocenters. The van der Waals surface area contributed by atoms with Crippen molar-refractivity contribution in [2.45, 2.75) is 55.4 Å². The number of nitrogens with zero attached hydrogens (tertiary/aromatic N) is 2. The molecule has 0 radical (unpaired) electrons. The van der Waals surface area contributed by atoms with Crippen LogP contribution in [0.15, 0.2) is 36.4 Å². The van der Waals surface area contributed by atoms with Crippen LogP contribution in [0.3, 0.4) is 0 Å². The van der Waals surface area contributed by atoms with Crippen LogP contribution in [-0.2, 0) is 9.59 Å². The Hall–Kier alpha value is -2.12. The van der Waals surface area contributed by atoms with E-state index < -0.39 is 0 Å². The quantitative estimate of drug-likeness (QED) is 0.387. The number of carbonyl (C=O) groups is 2. The number of anilines is 2. The maximum Gasteiger partial charge on any atom is 0.238 e. The van der Waals surface area contributed by atoms with E-state index in [-0.39, 0.29) is 36.6 Å². The molecule has 204 valence electrons. The summed E-state index contributed by atoms with van der Waals surface area (Å²) in [6.07, 6.45) is 0. The minimum Gasteiger partial charge on any atom is -0.324 e. The summed E-state index contributed by atoms with van der Waals surface area (Å²) in [4.78, 5) is 28.0. The van der Waals surface area contributed by atoms with Gasteiger partial charge in [-0.15, -0.1) is 24.8 Å². The molecule has 2 amide bonds. The van der Waals surface area contributed by atoms with Gasteiger partial charge in [0.25, 0.3) is 0 Å². The van der Waals surface area contributed by atoms with Crippen molar-refractivity contribution < 1.29 is 9.59 Å². The maximum atomic E-state index is 11.9. The Balaban J connectivity index is 0. The normalized spacial score (nSPS) is 10.1. The maximum absolute atomic E-state index is 11.9. The molecule has 2 N–H and O–H groups in total. The second-order valence-electron chi connectivity index (χ2n) is 8.55. The van der Waals surface area contributed by atoms with Gasteiger partial charge in [-0.05, 0) is 76.1 Å². The lowest BCUT2D eigenvalue weighted by Gasteiger charge is -2.18. The summed E-state index contributed by atoms with van der Waals surface area (Å²) >= 11 is 0. The van der Waals surface area contributed by atoms with Gasteiger partial charge < -0.3 is 10.6 Å². The number of benzene rings is 2. The van der Waals surface area contributed by atoms with Gasteiger partial charge in [0.2, 0.25) is 11.8 Å². The first-order valence-electron chi connectivity index (χ1n) is 12.3. The van der Waals surface area contributed by atoms with Gasteiger partial charge in [0, 0.05) is 11.4 Å². The highest BCUT2D eigenvalue weighted by Crippen LogP contribution is 2.20. The molecule has 0 heterocycles. The molecule has 0 spiro atoms. The summed E-state index contributed by atoms with van der Waals surface area (Å²) in [7, 11) is 0. The molecule has 36 heavy (non-hydrogen) atoms. The van der Waals surface area contributed by atoms with E-state index in [1.54, 1.807) is 0 Å². The summed E-state index contributed by atoms with van der Waals surface area (Å²) < 4.78 is 0. The smallest absolute Gasteiger partial charge is 0.238 e. The van der Waals surface area contributed by atoms with E-state index in [0.29, 0.717) is 13.1 Å². The number of amides is 2. The number of rotatable bonds is 10. The molecule has 0 aliphatic heterocycles. The molecule has 8 heteroatoms. The molecule has 0 aliphatic carbocycles. The topological polar surface area (TPSA) is 64.7 Å². The van der Waals surface area contributed by atoms with Crippen molar-refractivity contribution in [2.75, 3.05) is 49.9 Å². The van der Waals surface area contributed by atoms with Crippen molar-refractivity contribution in [3.63, 3.8) is 0 Å². The molecule has 0 fully saturated rings. The molecule has 0 saturated heterocycles. The zero-order valence-electron chi connectivity index (χ0n) is 23.2. The molecule has 0 bridgehead atoms. The Morgan fingerprint density at radius 1 is 0.583 bits per heavy atom. The van der Waals surface area contributed by atoms with E-state index in [1.807, 2.05) is 64.1 Å². The molecular formula is C28H46Cl2N4O2. The molecule has 0 saturated carbocycles. The van der Waals surface area contributed by atoms with Crippen molar-refractivity contribution in [1.82, 2.24) is 9.80 Å². The largest absolute Gasteiger partial charge is 0.324 e.